The van der Waals surface area contributed by atoms with Gasteiger partial charge >= 0.3 is 0 Å². The van der Waals surface area contributed by atoms with E-state index in [1.54, 1.807) is 0 Å². The monoisotopic (exact) mass is 346 g/mol. The zero-order chi connectivity index (χ0) is 18.8. The van der Waals surface area contributed by atoms with Crippen LogP contribution in [-0.4, -0.2) is 39.5 Å². The fourth-order valence-electron chi connectivity index (χ4n) is 3.93. The molecule has 4 heteroatoms. The van der Waals surface area contributed by atoms with Crippen LogP contribution >= 0.6 is 0 Å². The van der Waals surface area contributed by atoms with Gasteiger partial charge in [0.25, 0.3) is 0 Å². The third-order valence-corrected chi connectivity index (χ3v) is 5.48. The van der Waals surface area contributed by atoms with Crippen molar-refractivity contribution in [1.29, 1.82) is 0 Å². The Labute approximate surface area is 153 Å². The number of amides is 1. The standard InChI is InChI=1S/C21H34N2O2/c1-8-21(9-2)19(24)22(16(3)4)15-20(6,7)23(21)25-17(5)18-13-11-10-12-14-18/h10-14,16-17H,8-9,15H2,1-7H3. The van der Waals surface area contributed by atoms with E-state index in [0.29, 0.717) is 6.54 Å². The van der Waals surface area contributed by atoms with Crippen molar-refractivity contribution in [2.75, 3.05) is 6.54 Å². The lowest BCUT2D eigenvalue weighted by molar-refractivity contribution is -0.309. The van der Waals surface area contributed by atoms with Crippen LogP contribution in [0.15, 0.2) is 30.3 Å². The van der Waals surface area contributed by atoms with Crippen LogP contribution in [0.1, 0.15) is 73.0 Å². The summed E-state index contributed by atoms with van der Waals surface area (Å²) in [4.78, 5) is 21.9. The number of benzene rings is 1. The highest BCUT2D eigenvalue weighted by atomic mass is 16.7. The van der Waals surface area contributed by atoms with E-state index in [1.807, 2.05) is 28.2 Å². The summed E-state index contributed by atoms with van der Waals surface area (Å²) in [6.45, 7) is 15.4. The second kappa shape index (κ2) is 7.46. The van der Waals surface area contributed by atoms with Crippen LogP contribution in [-0.2, 0) is 9.63 Å². The lowest BCUT2D eigenvalue weighted by atomic mass is 9.82. The molecule has 0 saturated carbocycles. The van der Waals surface area contributed by atoms with Gasteiger partial charge in [-0.1, -0.05) is 44.2 Å². The Morgan fingerprint density at radius 2 is 1.64 bits per heavy atom. The predicted octanol–water partition coefficient (Wildman–Crippen LogP) is 4.57. The molecule has 1 heterocycles. The molecule has 1 aromatic rings. The molecular formula is C21H34N2O2. The lowest BCUT2D eigenvalue weighted by Crippen LogP contribution is -2.73. The molecule has 1 aliphatic heterocycles. The van der Waals surface area contributed by atoms with Gasteiger partial charge in [0.1, 0.15) is 11.6 Å². The lowest BCUT2D eigenvalue weighted by Gasteiger charge is -2.57. The highest BCUT2D eigenvalue weighted by Gasteiger charge is 2.56. The Kier molecular flexibility index (Phi) is 5.95. The Hall–Kier alpha value is -1.39. The van der Waals surface area contributed by atoms with Crippen molar-refractivity contribution in [3.05, 3.63) is 35.9 Å². The molecule has 1 amide bonds. The molecule has 0 spiro atoms. The fourth-order valence-corrected chi connectivity index (χ4v) is 3.93. The van der Waals surface area contributed by atoms with E-state index in [2.05, 4.69) is 60.6 Å². The maximum absolute atomic E-state index is 13.4. The molecule has 1 saturated heterocycles. The number of hydrogen-bond donors (Lipinski definition) is 0. The van der Waals surface area contributed by atoms with Gasteiger partial charge in [-0.2, -0.15) is 5.06 Å². The van der Waals surface area contributed by atoms with E-state index >= 15 is 0 Å². The first kappa shape index (κ1) is 19.9. The first-order chi connectivity index (χ1) is 11.7. The average Bonchev–Trinajstić information content (AvgIpc) is 2.59. The summed E-state index contributed by atoms with van der Waals surface area (Å²) in [5.41, 5.74) is 0.251. The maximum atomic E-state index is 13.4. The molecule has 1 fully saturated rings. The number of rotatable bonds is 6. The number of hydroxylamine groups is 2. The van der Waals surface area contributed by atoms with Gasteiger partial charge in [0.05, 0.1) is 5.54 Å². The summed E-state index contributed by atoms with van der Waals surface area (Å²) < 4.78 is 0. The molecule has 0 bridgehead atoms. The molecule has 0 radical (unpaired) electrons. The van der Waals surface area contributed by atoms with Gasteiger partial charge in [-0.15, -0.1) is 0 Å². The fraction of sp³-hybridized carbons (Fsp3) is 0.667. The van der Waals surface area contributed by atoms with Gasteiger partial charge in [-0.05, 0) is 53.0 Å². The smallest absolute Gasteiger partial charge is 0.245 e. The second-order valence-electron chi connectivity index (χ2n) is 8.03. The highest BCUT2D eigenvalue weighted by molar-refractivity contribution is 5.87. The summed E-state index contributed by atoms with van der Waals surface area (Å²) >= 11 is 0. The van der Waals surface area contributed by atoms with Crippen LogP contribution < -0.4 is 0 Å². The Bertz CT molecular complexity index is 579. The number of hydrogen-bond acceptors (Lipinski definition) is 3. The van der Waals surface area contributed by atoms with Crippen molar-refractivity contribution in [1.82, 2.24) is 9.96 Å². The van der Waals surface area contributed by atoms with Crippen molar-refractivity contribution in [2.45, 2.75) is 84.5 Å². The first-order valence-corrected chi connectivity index (χ1v) is 9.52. The zero-order valence-electron chi connectivity index (χ0n) is 16.9. The van der Waals surface area contributed by atoms with Crippen LogP contribution in [0.3, 0.4) is 0 Å². The van der Waals surface area contributed by atoms with Crippen molar-refractivity contribution < 1.29 is 9.63 Å². The summed E-state index contributed by atoms with van der Waals surface area (Å²) in [6, 6.07) is 10.4. The van der Waals surface area contributed by atoms with Crippen LogP contribution in [0, 0.1) is 0 Å². The summed E-state index contributed by atoms with van der Waals surface area (Å²) in [7, 11) is 0. The molecule has 1 aromatic carbocycles. The van der Waals surface area contributed by atoms with Crippen molar-refractivity contribution in [3.63, 3.8) is 0 Å². The van der Waals surface area contributed by atoms with E-state index in [1.165, 1.54) is 0 Å². The van der Waals surface area contributed by atoms with Crippen LogP contribution in [0.5, 0.6) is 0 Å². The van der Waals surface area contributed by atoms with E-state index in [-0.39, 0.29) is 23.6 Å². The van der Waals surface area contributed by atoms with Crippen molar-refractivity contribution in [2.24, 2.45) is 0 Å². The number of nitrogens with zero attached hydrogens (tertiary/aromatic N) is 2. The molecule has 0 aromatic heterocycles. The van der Waals surface area contributed by atoms with Crippen LogP contribution in [0.25, 0.3) is 0 Å². The maximum Gasteiger partial charge on any atom is 0.245 e. The third-order valence-electron chi connectivity index (χ3n) is 5.48. The zero-order valence-corrected chi connectivity index (χ0v) is 16.9. The number of carbonyl (C=O) groups excluding carboxylic acids is 1. The Morgan fingerprint density at radius 3 is 2.12 bits per heavy atom. The topological polar surface area (TPSA) is 32.8 Å². The Morgan fingerprint density at radius 1 is 1.08 bits per heavy atom. The molecule has 140 valence electrons. The van der Waals surface area contributed by atoms with Gasteiger partial charge in [0.15, 0.2) is 0 Å². The third kappa shape index (κ3) is 3.61. The minimum Gasteiger partial charge on any atom is -0.337 e. The van der Waals surface area contributed by atoms with Gasteiger partial charge in [-0.3, -0.25) is 9.63 Å². The minimum absolute atomic E-state index is 0.101. The molecular weight excluding hydrogens is 312 g/mol. The second-order valence-corrected chi connectivity index (χ2v) is 8.03. The predicted molar refractivity (Wildman–Crippen MR) is 102 cm³/mol. The quantitative estimate of drug-likeness (QED) is 0.756. The molecule has 4 nitrogen and oxygen atoms in total. The normalized spacial score (nSPS) is 21.6. The van der Waals surface area contributed by atoms with Crippen LogP contribution in [0.4, 0.5) is 0 Å². The minimum atomic E-state index is -0.616. The van der Waals surface area contributed by atoms with E-state index < -0.39 is 5.54 Å². The van der Waals surface area contributed by atoms with Gasteiger partial charge < -0.3 is 4.90 Å². The molecule has 25 heavy (non-hydrogen) atoms. The van der Waals surface area contributed by atoms with Gasteiger partial charge in [0.2, 0.25) is 5.91 Å². The number of piperazine rings is 1. The van der Waals surface area contributed by atoms with E-state index in [0.717, 1.165) is 18.4 Å². The summed E-state index contributed by atoms with van der Waals surface area (Å²) in [6.07, 6.45) is 1.36. The molecule has 0 aliphatic carbocycles. The van der Waals surface area contributed by atoms with E-state index in [4.69, 9.17) is 4.84 Å². The van der Waals surface area contributed by atoms with Crippen molar-refractivity contribution >= 4 is 5.91 Å². The summed E-state index contributed by atoms with van der Waals surface area (Å²) in [5, 5.41) is 2.01. The molecule has 1 aliphatic rings. The summed E-state index contributed by atoms with van der Waals surface area (Å²) in [5.74, 6) is 0.187. The van der Waals surface area contributed by atoms with Gasteiger partial charge in [-0.25, -0.2) is 0 Å². The highest BCUT2D eigenvalue weighted by Crippen LogP contribution is 2.41. The van der Waals surface area contributed by atoms with Gasteiger partial charge in [0, 0.05) is 12.6 Å². The molecule has 0 N–H and O–H groups in total. The number of carbonyl (C=O) groups is 1. The molecule has 2 rings (SSSR count). The molecule has 1 unspecified atom stereocenters. The Balaban J connectivity index is 2.40. The van der Waals surface area contributed by atoms with E-state index in [9.17, 15) is 4.79 Å². The average molecular weight is 347 g/mol. The largest absolute Gasteiger partial charge is 0.337 e. The molecule has 1 atom stereocenters. The first-order valence-electron chi connectivity index (χ1n) is 9.52. The van der Waals surface area contributed by atoms with Crippen LogP contribution in [0.2, 0.25) is 0 Å². The van der Waals surface area contributed by atoms with Crippen molar-refractivity contribution in [3.8, 4) is 0 Å². The SMILES string of the molecule is CCC1(CC)C(=O)N(C(C)C)CC(C)(C)N1OC(C)c1ccccc1.